The van der Waals surface area contributed by atoms with E-state index < -0.39 is 11.9 Å². The third kappa shape index (κ3) is 3.32. The van der Waals surface area contributed by atoms with Gasteiger partial charge in [0.2, 0.25) is 0 Å². The van der Waals surface area contributed by atoms with Crippen molar-refractivity contribution in [3.63, 3.8) is 0 Å². The second-order valence-electron chi connectivity index (χ2n) is 4.59. The molecule has 1 aliphatic carbocycles. The van der Waals surface area contributed by atoms with Crippen molar-refractivity contribution in [2.45, 2.75) is 20.0 Å². The molecule has 0 saturated carbocycles. The fraction of sp³-hybridized carbons (Fsp3) is 0.643. The zero-order chi connectivity index (χ0) is 15.2. The standard InChI is InChI=1S/C14H20FN3O3/c1-3-20-11-9-10(18-5-7-19-8-6-18)14(21-4-2)12(15)13(11)17-16/h9,11H,3-8H2,1-2H3. The van der Waals surface area contributed by atoms with Crippen molar-refractivity contribution in [3.8, 4) is 0 Å². The first-order chi connectivity index (χ1) is 10.2. The number of hydrogen-bond acceptors (Lipinski definition) is 4. The van der Waals surface area contributed by atoms with Gasteiger partial charge in [-0.1, -0.05) is 0 Å². The van der Waals surface area contributed by atoms with Gasteiger partial charge in [-0.05, 0) is 19.9 Å². The molecule has 0 aromatic carbocycles. The molecule has 0 radical (unpaired) electrons. The summed E-state index contributed by atoms with van der Waals surface area (Å²) in [6.07, 6.45) is 1.01. The maximum Gasteiger partial charge on any atom is 0.363 e. The van der Waals surface area contributed by atoms with Crippen molar-refractivity contribution in [3.05, 3.63) is 28.9 Å². The number of halogens is 1. The van der Waals surface area contributed by atoms with E-state index >= 15 is 0 Å². The molecule has 2 rings (SSSR count). The number of nitrogens with zero attached hydrogens (tertiary/aromatic N) is 3. The number of rotatable bonds is 5. The lowest BCUT2D eigenvalue weighted by Gasteiger charge is -2.33. The molecule has 0 spiro atoms. The highest BCUT2D eigenvalue weighted by Crippen LogP contribution is 2.29. The maximum atomic E-state index is 14.6. The monoisotopic (exact) mass is 297 g/mol. The summed E-state index contributed by atoms with van der Waals surface area (Å²) in [5, 5.41) is 0. The second kappa shape index (κ2) is 7.36. The van der Waals surface area contributed by atoms with Gasteiger partial charge in [0.1, 0.15) is 0 Å². The third-order valence-electron chi connectivity index (χ3n) is 3.33. The molecule has 21 heavy (non-hydrogen) atoms. The van der Waals surface area contributed by atoms with Gasteiger partial charge in [-0.15, -0.1) is 0 Å². The van der Waals surface area contributed by atoms with E-state index in [2.05, 4.69) is 4.79 Å². The van der Waals surface area contributed by atoms with Gasteiger partial charge < -0.3 is 24.6 Å². The Labute approximate surface area is 123 Å². The van der Waals surface area contributed by atoms with Gasteiger partial charge in [0, 0.05) is 19.7 Å². The average Bonchev–Trinajstić information content (AvgIpc) is 2.51. The summed E-state index contributed by atoms with van der Waals surface area (Å²) in [5.74, 6) is -0.579. The van der Waals surface area contributed by atoms with Gasteiger partial charge in [0.25, 0.3) is 5.83 Å². The maximum absolute atomic E-state index is 14.6. The minimum atomic E-state index is -0.720. The Balaban J connectivity index is 2.38. The molecular weight excluding hydrogens is 277 g/mol. The zero-order valence-electron chi connectivity index (χ0n) is 12.3. The molecule has 1 fully saturated rings. The van der Waals surface area contributed by atoms with Crippen LogP contribution in [0, 0.1) is 0 Å². The molecule has 0 aromatic rings. The molecule has 1 atom stereocenters. The van der Waals surface area contributed by atoms with Crippen molar-refractivity contribution < 1.29 is 23.4 Å². The molecule has 1 saturated heterocycles. The largest absolute Gasteiger partial charge is 0.488 e. The summed E-state index contributed by atoms with van der Waals surface area (Å²) >= 11 is 0. The van der Waals surface area contributed by atoms with Crippen LogP contribution in [0.1, 0.15) is 13.8 Å². The van der Waals surface area contributed by atoms with Crippen LogP contribution in [-0.2, 0) is 14.2 Å². The summed E-state index contributed by atoms with van der Waals surface area (Å²) in [6.45, 7) is 6.76. The predicted octanol–water partition coefficient (Wildman–Crippen LogP) is 1.51. The van der Waals surface area contributed by atoms with Crippen LogP contribution in [0.15, 0.2) is 23.4 Å². The first-order valence-corrected chi connectivity index (χ1v) is 7.14. The Morgan fingerprint density at radius 2 is 2.10 bits per heavy atom. The lowest BCUT2D eigenvalue weighted by molar-refractivity contribution is -0.0268. The molecule has 2 aliphatic rings. The van der Waals surface area contributed by atoms with Crippen molar-refractivity contribution in [1.82, 2.24) is 4.90 Å². The third-order valence-corrected chi connectivity index (χ3v) is 3.33. The lowest BCUT2D eigenvalue weighted by atomic mass is 10.0. The van der Waals surface area contributed by atoms with E-state index in [1.54, 1.807) is 19.9 Å². The molecule has 0 N–H and O–H groups in total. The molecule has 1 heterocycles. The highest BCUT2D eigenvalue weighted by molar-refractivity contribution is 6.01. The molecule has 0 bridgehead atoms. The highest BCUT2D eigenvalue weighted by atomic mass is 19.1. The predicted molar refractivity (Wildman–Crippen MR) is 74.3 cm³/mol. The van der Waals surface area contributed by atoms with Gasteiger partial charge >= 0.3 is 5.71 Å². The van der Waals surface area contributed by atoms with Crippen LogP contribution in [0.25, 0.3) is 5.53 Å². The van der Waals surface area contributed by atoms with Gasteiger partial charge in [0.05, 0.1) is 25.5 Å². The van der Waals surface area contributed by atoms with E-state index in [1.807, 2.05) is 4.90 Å². The van der Waals surface area contributed by atoms with Crippen LogP contribution in [0.3, 0.4) is 0 Å². The smallest absolute Gasteiger partial charge is 0.363 e. The van der Waals surface area contributed by atoms with Gasteiger partial charge in [-0.2, -0.15) is 9.18 Å². The van der Waals surface area contributed by atoms with Crippen molar-refractivity contribution >= 4 is 5.71 Å². The van der Waals surface area contributed by atoms with E-state index in [0.29, 0.717) is 45.2 Å². The molecular formula is C14H20FN3O3. The van der Waals surface area contributed by atoms with Crippen LogP contribution in [0.4, 0.5) is 4.39 Å². The first-order valence-electron chi connectivity index (χ1n) is 7.14. The Bertz CT molecular complexity index is 492. The number of morpholine rings is 1. The lowest BCUT2D eigenvalue weighted by Crippen LogP contribution is -2.40. The normalized spacial score (nSPS) is 23.0. The Hall–Kier alpha value is -1.69. The summed E-state index contributed by atoms with van der Waals surface area (Å²) < 4.78 is 30.8. The minimum Gasteiger partial charge on any atom is -0.488 e. The van der Waals surface area contributed by atoms with Crippen molar-refractivity contribution in [2.75, 3.05) is 39.5 Å². The topological polar surface area (TPSA) is 67.3 Å². The van der Waals surface area contributed by atoms with E-state index in [4.69, 9.17) is 19.7 Å². The quantitative estimate of drug-likeness (QED) is 0.570. The molecule has 116 valence electrons. The van der Waals surface area contributed by atoms with E-state index in [1.165, 1.54) is 0 Å². The number of hydrogen-bond donors (Lipinski definition) is 0. The van der Waals surface area contributed by atoms with E-state index in [9.17, 15) is 4.39 Å². The number of ether oxygens (including phenoxy) is 3. The second-order valence-corrected chi connectivity index (χ2v) is 4.59. The summed E-state index contributed by atoms with van der Waals surface area (Å²) in [4.78, 5) is 5.03. The van der Waals surface area contributed by atoms with E-state index in [-0.39, 0.29) is 11.5 Å². The molecule has 7 heteroatoms. The fourth-order valence-electron chi connectivity index (χ4n) is 2.39. The first kappa shape index (κ1) is 15.7. The van der Waals surface area contributed by atoms with Crippen LogP contribution in [0.5, 0.6) is 0 Å². The zero-order valence-corrected chi connectivity index (χ0v) is 12.3. The van der Waals surface area contributed by atoms with Crippen LogP contribution < -0.4 is 0 Å². The molecule has 0 amide bonds. The van der Waals surface area contributed by atoms with Crippen LogP contribution in [0.2, 0.25) is 0 Å². The minimum absolute atomic E-state index is 0.100. The van der Waals surface area contributed by atoms with Gasteiger partial charge in [0.15, 0.2) is 11.9 Å². The summed E-state index contributed by atoms with van der Waals surface area (Å²) in [5.41, 5.74) is 9.53. The Kier molecular flexibility index (Phi) is 5.50. The van der Waals surface area contributed by atoms with Crippen LogP contribution >= 0.6 is 0 Å². The molecule has 1 aliphatic heterocycles. The Morgan fingerprint density at radius 1 is 1.38 bits per heavy atom. The van der Waals surface area contributed by atoms with Gasteiger partial charge in [-0.25, -0.2) is 0 Å². The summed E-state index contributed by atoms with van der Waals surface area (Å²) in [7, 11) is 0. The molecule has 1 unspecified atom stereocenters. The SMILES string of the molecule is CCOC1=C(F)C(=[N+]=[N-])C(OCC)C=C1N1CCOCC1. The van der Waals surface area contributed by atoms with Crippen molar-refractivity contribution in [2.24, 2.45) is 0 Å². The van der Waals surface area contributed by atoms with E-state index in [0.717, 1.165) is 0 Å². The van der Waals surface area contributed by atoms with Gasteiger partial charge in [-0.3, -0.25) is 0 Å². The average molecular weight is 297 g/mol. The fourth-order valence-corrected chi connectivity index (χ4v) is 2.39. The summed E-state index contributed by atoms with van der Waals surface area (Å²) in [6, 6.07) is 0. The highest BCUT2D eigenvalue weighted by Gasteiger charge is 2.39. The molecule has 0 aromatic heterocycles. The van der Waals surface area contributed by atoms with Crippen LogP contribution in [-0.4, -0.2) is 61.0 Å². The molecule has 6 nitrogen and oxygen atoms in total. The Morgan fingerprint density at radius 3 is 2.67 bits per heavy atom. The van der Waals surface area contributed by atoms with Crippen molar-refractivity contribution in [1.29, 1.82) is 0 Å².